The fourth-order valence-electron chi connectivity index (χ4n) is 2.43. The van der Waals surface area contributed by atoms with Crippen LogP contribution in [-0.2, 0) is 16.4 Å². The second-order valence-electron chi connectivity index (χ2n) is 5.55. The molecule has 3 rings (SSSR count). The quantitative estimate of drug-likeness (QED) is 0.648. The minimum atomic E-state index is -3.19. The minimum absolute atomic E-state index is 0.150. The van der Waals surface area contributed by atoms with Gasteiger partial charge in [0, 0.05) is 23.9 Å². The van der Waals surface area contributed by atoms with E-state index in [4.69, 9.17) is 4.74 Å². The zero-order chi connectivity index (χ0) is 17.9. The third kappa shape index (κ3) is 4.17. The molecule has 0 bridgehead atoms. The molecule has 0 aliphatic heterocycles. The maximum atomic E-state index is 11.7. The van der Waals surface area contributed by atoms with Crippen LogP contribution in [0.2, 0.25) is 0 Å². The summed E-state index contributed by atoms with van der Waals surface area (Å²) < 4.78 is 33.0. The van der Waals surface area contributed by atoms with Gasteiger partial charge < -0.3 is 4.74 Å². The van der Waals surface area contributed by atoms with Crippen LogP contribution in [0, 0.1) is 0 Å². The summed E-state index contributed by atoms with van der Waals surface area (Å²) in [5.74, 6) is 1.57. The molecule has 0 saturated carbocycles. The molecule has 0 spiro atoms. The molecule has 3 aromatic rings. The number of nitrogens with one attached hydrogen (secondary N) is 1. The topological polar surface area (TPSA) is 85.6 Å². The molecule has 25 heavy (non-hydrogen) atoms. The summed E-state index contributed by atoms with van der Waals surface area (Å²) in [7, 11) is -1.56. The van der Waals surface area contributed by atoms with E-state index in [1.165, 1.54) is 11.3 Å². The van der Waals surface area contributed by atoms with Crippen LogP contribution in [0.1, 0.15) is 19.0 Å². The van der Waals surface area contributed by atoms with Crippen molar-refractivity contribution >= 4 is 26.3 Å². The number of hydrogen-bond donors (Lipinski definition) is 1. The Morgan fingerprint density at radius 2 is 2.04 bits per heavy atom. The van der Waals surface area contributed by atoms with E-state index in [1.54, 1.807) is 11.6 Å². The largest absolute Gasteiger partial charge is 0.497 e. The molecule has 2 heterocycles. The van der Waals surface area contributed by atoms with Crippen LogP contribution in [0.15, 0.2) is 29.6 Å². The van der Waals surface area contributed by atoms with Gasteiger partial charge in [-0.2, -0.15) is 4.98 Å². The Labute approximate surface area is 150 Å². The van der Waals surface area contributed by atoms with Crippen LogP contribution in [0.4, 0.5) is 0 Å². The summed E-state index contributed by atoms with van der Waals surface area (Å²) in [5, 5.41) is 6.51. The zero-order valence-electron chi connectivity index (χ0n) is 14.1. The molecule has 0 radical (unpaired) electrons. The number of hydrogen-bond acceptors (Lipinski definition) is 6. The highest BCUT2D eigenvalue weighted by Gasteiger charge is 2.13. The van der Waals surface area contributed by atoms with E-state index < -0.39 is 10.0 Å². The number of thiazole rings is 1. The highest BCUT2D eigenvalue weighted by atomic mass is 32.2. The summed E-state index contributed by atoms with van der Waals surface area (Å²) in [5.41, 5.74) is 1.85. The molecular weight excluding hydrogens is 360 g/mol. The van der Waals surface area contributed by atoms with Crippen LogP contribution >= 0.6 is 11.3 Å². The van der Waals surface area contributed by atoms with E-state index in [-0.39, 0.29) is 5.75 Å². The van der Waals surface area contributed by atoms with Crippen molar-refractivity contribution in [3.8, 4) is 17.1 Å². The molecule has 0 fully saturated rings. The van der Waals surface area contributed by atoms with E-state index in [1.807, 2.05) is 36.6 Å². The Hall–Kier alpha value is -1.97. The Bertz CT molecular complexity index is 946. The molecule has 2 aromatic heterocycles. The van der Waals surface area contributed by atoms with Crippen molar-refractivity contribution < 1.29 is 13.2 Å². The van der Waals surface area contributed by atoms with Gasteiger partial charge in [-0.1, -0.05) is 6.92 Å². The Morgan fingerprint density at radius 1 is 1.28 bits per heavy atom. The van der Waals surface area contributed by atoms with E-state index in [9.17, 15) is 8.42 Å². The van der Waals surface area contributed by atoms with Gasteiger partial charge in [-0.3, -0.25) is 0 Å². The van der Waals surface area contributed by atoms with Crippen molar-refractivity contribution in [3.63, 3.8) is 0 Å². The average molecular weight is 380 g/mol. The van der Waals surface area contributed by atoms with Gasteiger partial charge in [-0.25, -0.2) is 17.7 Å². The Kier molecular flexibility index (Phi) is 5.36. The van der Waals surface area contributed by atoms with Gasteiger partial charge in [-0.05, 0) is 30.7 Å². The van der Waals surface area contributed by atoms with Gasteiger partial charge in [0.2, 0.25) is 15.0 Å². The van der Waals surface area contributed by atoms with E-state index in [2.05, 4.69) is 14.8 Å². The molecule has 134 valence electrons. The first kappa shape index (κ1) is 17.8. The van der Waals surface area contributed by atoms with Gasteiger partial charge in [0.1, 0.15) is 5.75 Å². The van der Waals surface area contributed by atoms with Gasteiger partial charge in [0.15, 0.2) is 5.82 Å². The predicted octanol–water partition coefficient (Wildman–Crippen LogP) is 2.34. The van der Waals surface area contributed by atoms with Crippen LogP contribution in [0.3, 0.4) is 0 Å². The molecule has 1 aromatic carbocycles. The summed E-state index contributed by atoms with van der Waals surface area (Å²) in [4.78, 5) is 5.33. The molecule has 0 unspecified atom stereocenters. The van der Waals surface area contributed by atoms with Crippen molar-refractivity contribution in [1.82, 2.24) is 19.3 Å². The van der Waals surface area contributed by atoms with Gasteiger partial charge in [0.05, 0.1) is 18.6 Å². The lowest BCUT2D eigenvalue weighted by Crippen LogP contribution is -2.28. The number of sulfonamides is 1. The maximum Gasteiger partial charge on any atom is 0.212 e. The number of benzene rings is 1. The normalized spacial score (nSPS) is 11.9. The summed E-state index contributed by atoms with van der Waals surface area (Å²) in [6.45, 7) is 2.20. The van der Waals surface area contributed by atoms with Crippen LogP contribution in [0.25, 0.3) is 16.3 Å². The number of fused-ring (bicyclic) bond motifs is 1. The second-order valence-corrected chi connectivity index (χ2v) is 8.31. The van der Waals surface area contributed by atoms with Gasteiger partial charge in [-0.15, -0.1) is 16.4 Å². The first-order chi connectivity index (χ1) is 12.0. The Morgan fingerprint density at radius 3 is 2.72 bits per heavy atom. The van der Waals surface area contributed by atoms with Crippen molar-refractivity contribution in [2.24, 2.45) is 0 Å². The molecule has 0 aliphatic carbocycles. The van der Waals surface area contributed by atoms with Crippen LogP contribution in [0.5, 0.6) is 5.75 Å². The van der Waals surface area contributed by atoms with E-state index in [0.717, 1.165) is 22.0 Å². The second kappa shape index (κ2) is 7.51. The predicted molar refractivity (Wildman–Crippen MR) is 98.6 cm³/mol. The fraction of sp³-hybridized carbons (Fsp3) is 0.375. The average Bonchev–Trinajstić information content (AvgIpc) is 3.16. The highest BCUT2D eigenvalue weighted by Crippen LogP contribution is 2.23. The number of aromatic nitrogens is 3. The summed E-state index contributed by atoms with van der Waals surface area (Å²) in [6, 6.07) is 7.56. The van der Waals surface area contributed by atoms with Crippen LogP contribution < -0.4 is 9.46 Å². The SMILES string of the molecule is CCCS(=O)(=O)NCCc1csc2nc(-c3ccc(OC)cc3)nn12. The monoisotopic (exact) mass is 380 g/mol. The van der Waals surface area contributed by atoms with E-state index >= 15 is 0 Å². The standard InChI is InChI=1S/C16H20N4O3S2/c1-3-10-25(21,22)17-9-8-13-11-24-16-18-15(19-20(13)16)12-4-6-14(23-2)7-5-12/h4-7,11,17H,3,8-10H2,1-2H3. The zero-order valence-corrected chi connectivity index (χ0v) is 15.7. The molecule has 9 heteroatoms. The molecule has 0 aliphatic rings. The molecule has 0 amide bonds. The molecule has 1 N–H and O–H groups in total. The highest BCUT2D eigenvalue weighted by molar-refractivity contribution is 7.89. The van der Waals surface area contributed by atoms with Crippen molar-refractivity contribution in [2.45, 2.75) is 19.8 Å². The lowest BCUT2D eigenvalue weighted by molar-refractivity contribution is 0.415. The third-order valence-corrected chi connectivity index (χ3v) is 6.13. The lowest BCUT2D eigenvalue weighted by atomic mass is 10.2. The first-order valence-corrected chi connectivity index (χ1v) is 10.5. The van der Waals surface area contributed by atoms with Gasteiger partial charge in [0.25, 0.3) is 0 Å². The summed E-state index contributed by atoms with van der Waals surface area (Å²) >= 11 is 1.49. The number of ether oxygens (including phenoxy) is 1. The van der Waals surface area contributed by atoms with Crippen molar-refractivity contribution in [3.05, 3.63) is 35.3 Å². The number of methoxy groups -OCH3 is 1. The van der Waals surface area contributed by atoms with Crippen LogP contribution in [-0.4, -0.2) is 42.4 Å². The number of nitrogens with zero attached hydrogens (tertiary/aromatic N) is 3. The fourth-order valence-corrected chi connectivity index (χ4v) is 4.39. The molecular formula is C16H20N4O3S2. The van der Waals surface area contributed by atoms with Crippen molar-refractivity contribution in [2.75, 3.05) is 19.4 Å². The van der Waals surface area contributed by atoms with E-state index in [0.29, 0.717) is 25.2 Å². The summed E-state index contributed by atoms with van der Waals surface area (Å²) in [6.07, 6.45) is 1.17. The third-order valence-electron chi connectivity index (χ3n) is 3.67. The first-order valence-electron chi connectivity index (χ1n) is 7.97. The Balaban J connectivity index is 1.74. The molecule has 0 saturated heterocycles. The number of rotatable bonds is 8. The minimum Gasteiger partial charge on any atom is -0.497 e. The smallest absolute Gasteiger partial charge is 0.212 e. The van der Waals surface area contributed by atoms with Crippen molar-refractivity contribution in [1.29, 1.82) is 0 Å². The lowest BCUT2D eigenvalue weighted by Gasteiger charge is -2.04. The maximum absolute atomic E-state index is 11.7. The molecule has 0 atom stereocenters. The van der Waals surface area contributed by atoms with Gasteiger partial charge >= 0.3 is 0 Å². The molecule has 7 nitrogen and oxygen atoms in total.